The van der Waals surface area contributed by atoms with Crippen molar-refractivity contribution in [3.05, 3.63) is 52.7 Å². The average molecular weight is 413 g/mol. The summed E-state index contributed by atoms with van der Waals surface area (Å²) in [5, 5.41) is 3.25. The topological polar surface area (TPSA) is 88.9 Å². The highest BCUT2D eigenvalue weighted by atomic mass is 35.5. The van der Waals surface area contributed by atoms with Gasteiger partial charge in [-0.2, -0.15) is 0 Å². The monoisotopic (exact) mass is 412 g/mol. The molecule has 2 heterocycles. The fraction of sp³-hybridized carbons (Fsp3) is 0.389. The Kier molecular flexibility index (Phi) is 6.21. The van der Waals surface area contributed by atoms with Gasteiger partial charge in [0, 0.05) is 30.9 Å². The molecule has 9 heteroatoms. The number of carbonyl (C=O) groups excluding carboxylic acids is 1. The molecule has 0 aliphatic carbocycles. The minimum atomic E-state index is -3.49. The van der Waals surface area contributed by atoms with Gasteiger partial charge in [0.2, 0.25) is 14.9 Å². The molecule has 1 aromatic heterocycles. The fourth-order valence-corrected chi connectivity index (χ4v) is 3.63. The number of nitrogens with one attached hydrogen (secondary N) is 1. The van der Waals surface area contributed by atoms with Crippen molar-refractivity contribution in [1.29, 1.82) is 0 Å². The highest BCUT2D eigenvalue weighted by molar-refractivity contribution is 7.90. The smallest absolute Gasteiger partial charge is 0.287 e. The van der Waals surface area contributed by atoms with Gasteiger partial charge in [0.1, 0.15) is 0 Å². The Morgan fingerprint density at radius 3 is 2.44 bits per heavy atom. The Bertz CT molecular complexity index is 889. The number of benzene rings is 1. The fourth-order valence-electron chi connectivity index (χ4n) is 2.95. The van der Waals surface area contributed by atoms with Crippen LogP contribution in [0.25, 0.3) is 0 Å². The van der Waals surface area contributed by atoms with E-state index < -0.39 is 15.7 Å². The van der Waals surface area contributed by atoms with Gasteiger partial charge in [-0.25, -0.2) is 8.42 Å². The maximum absolute atomic E-state index is 12.4. The predicted molar refractivity (Wildman–Crippen MR) is 101 cm³/mol. The molecule has 1 unspecified atom stereocenters. The first-order valence-corrected chi connectivity index (χ1v) is 10.8. The molecule has 1 saturated heterocycles. The Morgan fingerprint density at radius 2 is 1.85 bits per heavy atom. The largest absolute Gasteiger partial charge is 0.440 e. The van der Waals surface area contributed by atoms with Gasteiger partial charge < -0.3 is 14.5 Å². The molecule has 1 aliphatic heterocycles. The molecule has 3 rings (SSSR count). The predicted octanol–water partition coefficient (Wildman–Crippen LogP) is 2.14. The van der Waals surface area contributed by atoms with E-state index in [-0.39, 0.29) is 16.9 Å². The number of rotatable bonds is 6. The van der Waals surface area contributed by atoms with Gasteiger partial charge in [0.15, 0.2) is 5.76 Å². The second-order valence-electron chi connectivity index (χ2n) is 6.32. The Morgan fingerprint density at radius 1 is 1.19 bits per heavy atom. The van der Waals surface area contributed by atoms with Crippen molar-refractivity contribution in [2.45, 2.75) is 11.1 Å². The maximum atomic E-state index is 12.4. The van der Waals surface area contributed by atoms with Crippen LogP contribution < -0.4 is 5.32 Å². The van der Waals surface area contributed by atoms with Gasteiger partial charge in [-0.3, -0.25) is 9.69 Å². The second-order valence-corrected chi connectivity index (χ2v) is 8.70. The first-order valence-electron chi connectivity index (χ1n) is 8.50. The van der Waals surface area contributed by atoms with Gasteiger partial charge in [0.25, 0.3) is 5.91 Å². The highest BCUT2D eigenvalue weighted by Crippen LogP contribution is 2.23. The van der Waals surface area contributed by atoms with Crippen molar-refractivity contribution < 1.29 is 22.4 Å². The third-order valence-corrected chi connectivity index (χ3v) is 5.57. The highest BCUT2D eigenvalue weighted by Gasteiger charge is 2.24. The number of hydrogen-bond acceptors (Lipinski definition) is 6. The molecule has 146 valence electrons. The van der Waals surface area contributed by atoms with E-state index >= 15 is 0 Å². The van der Waals surface area contributed by atoms with Gasteiger partial charge in [-0.1, -0.05) is 23.7 Å². The van der Waals surface area contributed by atoms with Crippen LogP contribution in [0.3, 0.4) is 0 Å². The molecular formula is C18H21ClN2O5S. The first-order chi connectivity index (χ1) is 12.8. The van der Waals surface area contributed by atoms with Crippen molar-refractivity contribution >= 4 is 27.3 Å². The number of amides is 1. The first kappa shape index (κ1) is 19.9. The molecule has 1 amide bonds. The lowest BCUT2D eigenvalue weighted by Gasteiger charge is -2.34. The molecule has 7 nitrogen and oxygen atoms in total. The van der Waals surface area contributed by atoms with Gasteiger partial charge in [-0.05, 0) is 29.8 Å². The molecule has 0 radical (unpaired) electrons. The lowest BCUT2D eigenvalue weighted by atomic mass is 10.0. The number of ether oxygens (including phenoxy) is 1. The standard InChI is InChI=1S/C18H21ClN2O5S/c1-27(23,24)17-7-6-16(26-17)18(22)20-12-15(21-8-10-25-11-9-21)13-2-4-14(19)5-3-13/h2-7,15H,8-12H2,1H3,(H,20,22). The number of carbonyl (C=O) groups is 1. The maximum Gasteiger partial charge on any atom is 0.287 e. The van der Waals surface area contributed by atoms with Crippen molar-refractivity contribution in [2.75, 3.05) is 39.1 Å². The number of sulfone groups is 1. The molecule has 2 aromatic rings. The zero-order valence-electron chi connectivity index (χ0n) is 14.9. The molecule has 1 N–H and O–H groups in total. The van der Waals surface area contributed by atoms with Crippen LogP contribution in [0.2, 0.25) is 5.02 Å². The lowest BCUT2D eigenvalue weighted by molar-refractivity contribution is 0.0161. The number of furan rings is 1. The number of halogens is 1. The zero-order chi connectivity index (χ0) is 19.4. The summed E-state index contributed by atoms with van der Waals surface area (Å²) >= 11 is 5.98. The summed E-state index contributed by atoms with van der Waals surface area (Å²) in [4.78, 5) is 14.6. The van der Waals surface area contributed by atoms with Gasteiger partial charge in [0.05, 0.1) is 19.3 Å². The third kappa shape index (κ3) is 5.10. The molecule has 0 saturated carbocycles. The van der Waals surface area contributed by atoms with E-state index in [0.29, 0.717) is 24.8 Å². The van der Waals surface area contributed by atoms with Crippen molar-refractivity contribution in [2.24, 2.45) is 0 Å². The Balaban J connectivity index is 1.72. The van der Waals surface area contributed by atoms with Gasteiger partial charge >= 0.3 is 0 Å². The van der Waals surface area contributed by atoms with Crippen LogP contribution >= 0.6 is 11.6 Å². The molecule has 0 bridgehead atoms. The van der Waals surface area contributed by atoms with E-state index in [1.54, 1.807) is 0 Å². The van der Waals surface area contributed by atoms with Gasteiger partial charge in [-0.15, -0.1) is 0 Å². The molecule has 27 heavy (non-hydrogen) atoms. The molecule has 1 aliphatic rings. The van der Waals surface area contributed by atoms with Crippen molar-refractivity contribution in [3.8, 4) is 0 Å². The van der Waals surface area contributed by atoms with E-state index in [4.69, 9.17) is 20.8 Å². The molecule has 1 fully saturated rings. The SMILES string of the molecule is CS(=O)(=O)c1ccc(C(=O)NCC(c2ccc(Cl)cc2)N2CCOCC2)o1. The zero-order valence-corrected chi connectivity index (χ0v) is 16.4. The Labute approximate surface area is 163 Å². The third-order valence-electron chi connectivity index (χ3n) is 4.37. The van der Waals surface area contributed by atoms with E-state index in [1.165, 1.54) is 12.1 Å². The summed E-state index contributed by atoms with van der Waals surface area (Å²) in [5.41, 5.74) is 1.03. The van der Waals surface area contributed by atoms with Crippen molar-refractivity contribution in [1.82, 2.24) is 10.2 Å². The van der Waals surface area contributed by atoms with E-state index in [0.717, 1.165) is 24.9 Å². The quantitative estimate of drug-likeness (QED) is 0.781. The molecular weight excluding hydrogens is 392 g/mol. The van der Waals surface area contributed by atoms with E-state index in [2.05, 4.69) is 10.2 Å². The minimum Gasteiger partial charge on any atom is -0.440 e. The lowest BCUT2D eigenvalue weighted by Crippen LogP contribution is -2.43. The van der Waals surface area contributed by atoms with Crippen LogP contribution in [0.1, 0.15) is 22.2 Å². The second kappa shape index (κ2) is 8.43. The summed E-state index contributed by atoms with van der Waals surface area (Å²) in [7, 11) is -3.49. The molecule has 1 atom stereocenters. The summed E-state index contributed by atoms with van der Waals surface area (Å²) in [5.74, 6) is -0.496. The van der Waals surface area contributed by atoms with Crippen LogP contribution in [0.5, 0.6) is 0 Å². The molecule has 1 aromatic carbocycles. The van der Waals surface area contributed by atoms with Crippen LogP contribution in [-0.4, -0.2) is 58.3 Å². The summed E-state index contributed by atoms with van der Waals surface area (Å²) in [6.45, 7) is 3.11. The van der Waals surface area contributed by atoms with Crippen LogP contribution in [0, 0.1) is 0 Å². The minimum absolute atomic E-state index is 0.0349. The normalized spacial score (nSPS) is 16.8. The van der Waals surface area contributed by atoms with Crippen LogP contribution in [-0.2, 0) is 14.6 Å². The van der Waals surface area contributed by atoms with Crippen LogP contribution in [0.15, 0.2) is 45.9 Å². The number of nitrogens with zero attached hydrogens (tertiary/aromatic N) is 1. The number of morpholine rings is 1. The van der Waals surface area contributed by atoms with Crippen LogP contribution in [0.4, 0.5) is 0 Å². The Hall–Kier alpha value is -1.87. The summed E-state index contributed by atoms with van der Waals surface area (Å²) < 4.78 is 33.6. The summed E-state index contributed by atoms with van der Waals surface area (Å²) in [6, 6.07) is 10.1. The van der Waals surface area contributed by atoms with E-state index in [9.17, 15) is 13.2 Å². The molecule has 0 spiro atoms. The number of hydrogen-bond donors (Lipinski definition) is 1. The summed E-state index contributed by atoms with van der Waals surface area (Å²) in [6.07, 6.45) is 1.03. The van der Waals surface area contributed by atoms with Crippen molar-refractivity contribution in [3.63, 3.8) is 0 Å². The van der Waals surface area contributed by atoms with E-state index in [1.807, 2.05) is 24.3 Å². The average Bonchev–Trinajstić information content (AvgIpc) is 3.15.